The van der Waals surface area contributed by atoms with Gasteiger partial charge in [-0.05, 0) is 71.2 Å². The molecule has 3 rings (SSSR count). The first-order valence-corrected chi connectivity index (χ1v) is 10.7. The summed E-state index contributed by atoms with van der Waals surface area (Å²) in [7, 11) is 0. The number of benzene rings is 2. The summed E-state index contributed by atoms with van der Waals surface area (Å²) in [6, 6.07) is 12.7. The largest absolute Gasteiger partial charge is 0.490 e. The lowest BCUT2D eigenvalue weighted by Gasteiger charge is -2.29. The lowest BCUT2D eigenvalue weighted by Crippen LogP contribution is -2.36. The molecule has 1 aliphatic rings. The van der Waals surface area contributed by atoms with Gasteiger partial charge < -0.3 is 24.4 Å². The zero-order valence-corrected chi connectivity index (χ0v) is 18.3. The van der Waals surface area contributed by atoms with Gasteiger partial charge in [0.25, 0.3) is 0 Å². The Kier molecular flexibility index (Phi) is 7.86. The maximum Gasteiger partial charge on any atom is 0.175 e. The fraction of sp³-hybridized carbons (Fsp3) is 0.455. The van der Waals surface area contributed by atoms with Crippen molar-refractivity contribution in [3.05, 3.63) is 46.4 Å². The summed E-state index contributed by atoms with van der Waals surface area (Å²) >= 11 is 3.63. The zero-order chi connectivity index (χ0) is 19.8. The molecule has 1 saturated heterocycles. The molecule has 0 atom stereocenters. The lowest BCUT2D eigenvalue weighted by atomic mass is 10.2. The Labute approximate surface area is 176 Å². The van der Waals surface area contributed by atoms with Crippen molar-refractivity contribution in [1.82, 2.24) is 0 Å². The molecule has 0 unspecified atom stereocenters. The number of halogens is 1. The van der Waals surface area contributed by atoms with Crippen molar-refractivity contribution in [1.29, 1.82) is 0 Å². The minimum Gasteiger partial charge on any atom is -0.490 e. The summed E-state index contributed by atoms with van der Waals surface area (Å²) in [6.45, 7) is 9.57. The van der Waals surface area contributed by atoms with Gasteiger partial charge in [-0.1, -0.05) is 6.92 Å². The van der Waals surface area contributed by atoms with Gasteiger partial charge in [-0.2, -0.15) is 0 Å². The minimum absolute atomic E-state index is 0.606. The van der Waals surface area contributed by atoms with E-state index in [2.05, 4.69) is 63.4 Å². The highest BCUT2D eigenvalue weighted by Crippen LogP contribution is 2.37. The Hall–Kier alpha value is -1.92. The Balaban J connectivity index is 1.64. The quantitative estimate of drug-likeness (QED) is 0.578. The van der Waals surface area contributed by atoms with Crippen molar-refractivity contribution in [2.24, 2.45) is 0 Å². The van der Waals surface area contributed by atoms with E-state index in [0.29, 0.717) is 19.8 Å². The zero-order valence-electron chi connectivity index (χ0n) is 16.7. The molecule has 0 bridgehead atoms. The molecule has 2 aromatic carbocycles. The van der Waals surface area contributed by atoms with Crippen LogP contribution in [0.2, 0.25) is 0 Å². The molecule has 2 aromatic rings. The average molecular weight is 449 g/mol. The second-order valence-electron chi connectivity index (χ2n) is 6.69. The molecule has 28 heavy (non-hydrogen) atoms. The Morgan fingerprint density at radius 1 is 1.07 bits per heavy atom. The molecule has 0 aromatic heterocycles. The van der Waals surface area contributed by atoms with Gasteiger partial charge in [0.2, 0.25) is 0 Å². The van der Waals surface area contributed by atoms with Crippen LogP contribution in [0.5, 0.6) is 11.5 Å². The highest BCUT2D eigenvalue weighted by atomic mass is 79.9. The first-order chi connectivity index (χ1) is 13.7. The predicted octanol–water partition coefficient (Wildman–Crippen LogP) is 5.09. The van der Waals surface area contributed by atoms with Crippen LogP contribution in [0.25, 0.3) is 0 Å². The maximum absolute atomic E-state index is 5.85. The van der Waals surface area contributed by atoms with Crippen molar-refractivity contribution < 1.29 is 14.2 Å². The fourth-order valence-electron chi connectivity index (χ4n) is 3.15. The van der Waals surface area contributed by atoms with Gasteiger partial charge in [0.15, 0.2) is 11.5 Å². The van der Waals surface area contributed by atoms with E-state index in [0.717, 1.165) is 59.9 Å². The Bertz CT molecular complexity index is 746. The molecular formula is C22H29BrN2O3. The van der Waals surface area contributed by atoms with Crippen molar-refractivity contribution in [3.8, 4) is 11.5 Å². The molecule has 0 spiro atoms. The van der Waals surface area contributed by atoms with Crippen LogP contribution in [-0.2, 0) is 11.3 Å². The number of ether oxygens (including phenoxy) is 3. The number of hydrogen-bond acceptors (Lipinski definition) is 5. The second-order valence-corrected chi connectivity index (χ2v) is 7.54. The first-order valence-electron chi connectivity index (χ1n) is 9.96. The number of morpholine rings is 1. The molecule has 0 saturated carbocycles. The molecular weight excluding hydrogens is 420 g/mol. The van der Waals surface area contributed by atoms with Gasteiger partial charge >= 0.3 is 0 Å². The number of nitrogens with zero attached hydrogens (tertiary/aromatic N) is 1. The molecule has 0 radical (unpaired) electrons. The van der Waals surface area contributed by atoms with Crippen LogP contribution < -0.4 is 19.7 Å². The summed E-state index contributed by atoms with van der Waals surface area (Å²) in [6.07, 6.45) is 0.960. The first kappa shape index (κ1) is 20.8. The third-order valence-corrected chi connectivity index (χ3v) is 5.15. The van der Waals surface area contributed by atoms with Crippen LogP contribution in [0.15, 0.2) is 40.9 Å². The Morgan fingerprint density at radius 2 is 1.82 bits per heavy atom. The van der Waals surface area contributed by atoms with Crippen LogP contribution in [0.3, 0.4) is 0 Å². The van der Waals surface area contributed by atoms with Gasteiger partial charge in [-0.15, -0.1) is 0 Å². The van der Waals surface area contributed by atoms with Crippen molar-refractivity contribution in [2.45, 2.75) is 26.8 Å². The smallest absolute Gasteiger partial charge is 0.175 e. The van der Waals surface area contributed by atoms with Gasteiger partial charge in [-0.3, -0.25) is 0 Å². The molecule has 0 amide bonds. The third-order valence-electron chi connectivity index (χ3n) is 4.56. The molecule has 0 aliphatic carbocycles. The lowest BCUT2D eigenvalue weighted by molar-refractivity contribution is 0.122. The van der Waals surface area contributed by atoms with Crippen molar-refractivity contribution in [3.63, 3.8) is 0 Å². The number of hydrogen-bond donors (Lipinski definition) is 1. The van der Waals surface area contributed by atoms with Gasteiger partial charge in [0.1, 0.15) is 0 Å². The summed E-state index contributed by atoms with van der Waals surface area (Å²) in [5, 5.41) is 3.49. The number of anilines is 2. The summed E-state index contributed by atoms with van der Waals surface area (Å²) < 4.78 is 18.0. The summed E-state index contributed by atoms with van der Waals surface area (Å²) in [5.41, 5.74) is 3.47. The van der Waals surface area contributed by atoms with Crippen LogP contribution in [-0.4, -0.2) is 39.5 Å². The standard InChI is InChI=1S/C22H29BrN2O3/c1-3-11-28-22-20(23)14-17(15-21(22)27-4-2)16-24-18-5-7-19(8-6-18)25-9-12-26-13-10-25/h5-8,14-15,24H,3-4,9-13,16H2,1-2H3. The van der Waals surface area contributed by atoms with E-state index in [1.807, 2.05) is 13.0 Å². The average Bonchev–Trinajstić information content (AvgIpc) is 2.73. The fourth-order valence-corrected chi connectivity index (χ4v) is 3.75. The second kappa shape index (κ2) is 10.6. The highest BCUT2D eigenvalue weighted by molar-refractivity contribution is 9.10. The monoisotopic (exact) mass is 448 g/mol. The number of rotatable bonds is 9. The summed E-state index contributed by atoms with van der Waals surface area (Å²) in [4.78, 5) is 2.35. The van der Waals surface area contributed by atoms with E-state index in [-0.39, 0.29) is 0 Å². The van der Waals surface area contributed by atoms with E-state index >= 15 is 0 Å². The van der Waals surface area contributed by atoms with Crippen LogP contribution >= 0.6 is 15.9 Å². The van der Waals surface area contributed by atoms with Crippen LogP contribution in [0, 0.1) is 0 Å². The molecule has 1 N–H and O–H groups in total. The van der Waals surface area contributed by atoms with E-state index in [4.69, 9.17) is 14.2 Å². The highest BCUT2D eigenvalue weighted by Gasteiger charge is 2.13. The van der Waals surface area contributed by atoms with E-state index in [1.54, 1.807) is 0 Å². The normalized spacial score (nSPS) is 14.0. The van der Waals surface area contributed by atoms with Gasteiger partial charge in [-0.25, -0.2) is 0 Å². The van der Waals surface area contributed by atoms with Crippen molar-refractivity contribution >= 4 is 27.3 Å². The molecule has 1 aliphatic heterocycles. The minimum atomic E-state index is 0.606. The van der Waals surface area contributed by atoms with Crippen LogP contribution in [0.1, 0.15) is 25.8 Å². The SMILES string of the molecule is CCCOc1c(Br)cc(CNc2ccc(N3CCOCC3)cc2)cc1OCC. The predicted molar refractivity (Wildman–Crippen MR) is 118 cm³/mol. The topological polar surface area (TPSA) is 43.0 Å². The van der Waals surface area contributed by atoms with E-state index in [1.165, 1.54) is 5.69 Å². The Morgan fingerprint density at radius 3 is 2.50 bits per heavy atom. The molecule has 1 heterocycles. The van der Waals surface area contributed by atoms with E-state index in [9.17, 15) is 0 Å². The van der Waals surface area contributed by atoms with Crippen molar-refractivity contribution in [2.75, 3.05) is 49.7 Å². The molecule has 5 nitrogen and oxygen atoms in total. The van der Waals surface area contributed by atoms with E-state index < -0.39 is 0 Å². The number of nitrogens with one attached hydrogen (secondary N) is 1. The molecule has 6 heteroatoms. The van der Waals surface area contributed by atoms with Gasteiger partial charge in [0, 0.05) is 31.0 Å². The summed E-state index contributed by atoms with van der Waals surface area (Å²) in [5.74, 6) is 1.56. The van der Waals surface area contributed by atoms with Crippen LogP contribution in [0.4, 0.5) is 11.4 Å². The van der Waals surface area contributed by atoms with Gasteiger partial charge in [0.05, 0.1) is 30.9 Å². The maximum atomic E-state index is 5.85. The third kappa shape index (κ3) is 5.55. The molecule has 152 valence electrons. The molecule has 1 fully saturated rings.